The molecule has 0 saturated carbocycles. The number of morpholine rings is 1. The van der Waals surface area contributed by atoms with Gasteiger partial charge in [0.1, 0.15) is 5.00 Å². The smallest absolute Gasteiger partial charge is 0.115 e. The molecule has 0 bridgehead atoms. The predicted octanol–water partition coefficient (Wildman–Crippen LogP) is 2.10. The topological polar surface area (TPSA) is 25.4 Å². The highest BCUT2D eigenvalue weighted by Crippen LogP contribution is 2.30. The third-order valence-corrected chi connectivity index (χ3v) is 3.32. The highest BCUT2D eigenvalue weighted by atomic mass is 32.1. The van der Waals surface area contributed by atoms with Gasteiger partial charge < -0.3 is 9.64 Å². The van der Waals surface area contributed by atoms with Gasteiger partial charge in [-0.2, -0.15) is 0 Å². The lowest BCUT2D eigenvalue weighted by atomic mass is 10.1. The van der Waals surface area contributed by atoms with E-state index in [-0.39, 0.29) is 0 Å². The number of nitrogens with zero attached hydrogens (tertiary/aromatic N) is 2. The third kappa shape index (κ3) is 1.91. The molecule has 2 rings (SSSR count). The van der Waals surface area contributed by atoms with Gasteiger partial charge in [-0.25, -0.2) is 4.98 Å². The molecule has 0 unspecified atom stereocenters. The molecule has 78 valence electrons. The van der Waals surface area contributed by atoms with Crippen LogP contribution >= 0.6 is 11.3 Å². The van der Waals surface area contributed by atoms with Crippen molar-refractivity contribution in [3.63, 3.8) is 0 Å². The maximum atomic E-state index is 5.34. The molecule has 1 aliphatic heterocycles. The van der Waals surface area contributed by atoms with E-state index < -0.39 is 0 Å². The first-order chi connectivity index (χ1) is 6.79. The summed E-state index contributed by atoms with van der Waals surface area (Å²) >= 11 is 1.74. The Labute approximate surface area is 88.7 Å². The van der Waals surface area contributed by atoms with Crippen LogP contribution in [0.3, 0.4) is 0 Å². The fourth-order valence-electron chi connectivity index (χ4n) is 1.65. The number of ether oxygens (including phenoxy) is 1. The monoisotopic (exact) mass is 212 g/mol. The first-order valence-corrected chi connectivity index (χ1v) is 5.93. The van der Waals surface area contributed by atoms with Crippen molar-refractivity contribution in [3.05, 3.63) is 11.2 Å². The molecular formula is C10H16N2OS. The summed E-state index contributed by atoms with van der Waals surface area (Å²) < 4.78 is 5.34. The molecule has 1 aromatic rings. The van der Waals surface area contributed by atoms with Crippen molar-refractivity contribution in [3.8, 4) is 0 Å². The predicted molar refractivity (Wildman–Crippen MR) is 59.2 cm³/mol. The summed E-state index contributed by atoms with van der Waals surface area (Å²) in [5.74, 6) is 0.513. The second-order valence-corrected chi connectivity index (χ2v) is 4.63. The summed E-state index contributed by atoms with van der Waals surface area (Å²) in [7, 11) is 0. The minimum absolute atomic E-state index is 0.513. The molecule has 0 aromatic carbocycles. The highest BCUT2D eigenvalue weighted by molar-refractivity contribution is 7.14. The molecule has 0 radical (unpaired) electrons. The number of anilines is 1. The first kappa shape index (κ1) is 9.93. The van der Waals surface area contributed by atoms with Crippen molar-refractivity contribution >= 4 is 16.3 Å². The standard InChI is InChI=1S/C10H16N2OS/c1-8(2)9-10(14-7-11-9)12-3-5-13-6-4-12/h7-8H,3-6H2,1-2H3. The molecule has 2 heterocycles. The van der Waals surface area contributed by atoms with Crippen LogP contribution in [-0.2, 0) is 4.74 Å². The summed E-state index contributed by atoms with van der Waals surface area (Å²) in [5.41, 5.74) is 3.18. The van der Waals surface area contributed by atoms with E-state index >= 15 is 0 Å². The SMILES string of the molecule is CC(C)c1ncsc1N1CCOCC1. The molecule has 4 heteroatoms. The zero-order valence-corrected chi connectivity index (χ0v) is 9.51. The van der Waals surface area contributed by atoms with Gasteiger partial charge in [-0.05, 0) is 5.92 Å². The lowest BCUT2D eigenvalue weighted by Crippen LogP contribution is -2.36. The quantitative estimate of drug-likeness (QED) is 0.750. The Morgan fingerprint density at radius 3 is 2.79 bits per heavy atom. The van der Waals surface area contributed by atoms with E-state index in [1.807, 2.05) is 5.51 Å². The van der Waals surface area contributed by atoms with Crippen LogP contribution in [0.2, 0.25) is 0 Å². The highest BCUT2D eigenvalue weighted by Gasteiger charge is 2.18. The number of thiazole rings is 1. The van der Waals surface area contributed by atoms with Crippen LogP contribution in [0.4, 0.5) is 5.00 Å². The maximum absolute atomic E-state index is 5.34. The molecule has 1 aromatic heterocycles. The Morgan fingerprint density at radius 2 is 2.14 bits per heavy atom. The van der Waals surface area contributed by atoms with Gasteiger partial charge in [0.05, 0.1) is 24.4 Å². The molecule has 0 aliphatic carbocycles. The van der Waals surface area contributed by atoms with E-state index in [0.717, 1.165) is 26.3 Å². The van der Waals surface area contributed by atoms with Crippen LogP contribution in [0.5, 0.6) is 0 Å². The molecule has 1 aliphatic rings. The number of rotatable bonds is 2. The van der Waals surface area contributed by atoms with Crippen molar-refractivity contribution in [1.82, 2.24) is 4.98 Å². The Bertz CT molecular complexity index is 292. The van der Waals surface area contributed by atoms with Crippen LogP contribution in [-0.4, -0.2) is 31.3 Å². The molecule has 1 saturated heterocycles. The van der Waals surface area contributed by atoms with Crippen LogP contribution in [0, 0.1) is 0 Å². The Morgan fingerprint density at radius 1 is 1.43 bits per heavy atom. The molecule has 0 N–H and O–H groups in total. The fraction of sp³-hybridized carbons (Fsp3) is 0.700. The summed E-state index contributed by atoms with van der Waals surface area (Å²) in [6.45, 7) is 8.08. The Hall–Kier alpha value is -0.610. The van der Waals surface area contributed by atoms with E-state index in [0.29, 0.717) is 5.92 Å². The molecule has 1 fully saturated rings. The third-order valence-electron chi connectivity index (χ3n) is 2.42. The zero-order chi connectivity index (χ0) is 9.97. The maximum Gasteiger partial charge on any atom is 0.115 e. The summed E-state index contributed by atoms with van der Waals surface area (Å²) in [6, 6.07) is 0. The lowest BCUT2D eigenvalue weighted by molar-refractivity contribution is 0.123. The average molecular weight is 212 g/mol. The summed E-state index contributed by atoms with van der Waals surface area (Å²) in [4.78, 5) is 6.81. The van der Waals surface area contributed by atoms with E-state index in [9.17, 15) is 0 Å². The van der Waals surface area contributed by atoms with Crippen LogP contribution in [0.15, 0.2) is 5.51 Å². The van der Waals surface area contributed by atoms with Crippen molar-refractivity contribution < 1.29 is 4.74 Å². The van der Waals surface area contributed by atoms with E-state index in [1.165, 1.54) is 10.7 Å². The Kier molecular flexibility index (Phi) is 3.03. The van der Waals surface area contributed by atoms with Gasteiger partial charge >= 0.3 is 0 Å². The van der Waals surface area contributed by atoms with Crippen molar-refractivity contribution in [2.45, 2.75) is 19.8 Å². The van der Waals surface area contributed by atoms with Gasteiger partial charge in [-0.15, -0.1) is 11.3 Å². The zero-order valence-electron chi connectivity index (χ0n) is 8.69. The van der Waals surface area contributed by atoms with Gasteiger partial charge in [0, 0.05) is 13.1 Å². The van der Waals surface area contributed by atoms with Gasteiger partial charge in [0.2, 0.25) is 0 Å². The van der Waals surface area contributed by atoms with Crippen molar-refractivity contribution in [1.29, 1.82) is 0 Å². The molecule has 0 atom stereocenters. The first-order valence-electron chi connectivity index (χ1n) is 5.05. The summed E-state index contributed by atoms with van der Waals surface area (Å²) in [6.07, 6.45) is 0. The van der Waals surface area contributed by atoms with Gasteiger partial charge in [-0.3, -0.25) is 0 Å². The second-order valence-electron chi connectivity index (χ2n) is 3.80. The van der Waals surface area contributed by atoms with Crippen molar-refractivity contribution in [2.75, 3.05) is 31.2 Å². The lowest BCUT2D eigenvalue weighted by Gasteiger charge is -2.28. The van der Waals surface area contributed by atoms with Crippen LogP contribution in [0.25, 0.3) is 0 Å². The molecule has 0 amide bonds. The normalized spacial score (nSPS) is 17.8. The van der Waals surface area contributed by atoms with Gasteiger partial charge in [0.15, 0.2) is 0 Å². The minimum atomic E-state index is 0.513. The molecular weight excluding hydrogens is 196 g/mol. The van der Waals surface area contributed by atoms with Crippen LogP contribution in [0.1, 0.15) is 25.5 Å². The number of hydrogen-bond donors (Lipinski definition) is 0. The number of hydrogen-bond acceptors (Lipinski definition) is 4. The second kappa shape index (κ2) is 4.28. The average Bonchev–Trinajstić information content (AvgIpc) is 2.67. The van der Waals surface area contributed by atoms with E-state index in [2.05, 4.69) is 23.7 Å². The number of aromatic nitrogens is 1. The summed E-state index contributed by atoms with van der Waals surface area (Å²) in [5, 5.41) is 1.34. The largest absolute Gasteiger partial charge is 0.378 e. The minimum Gasteiger partial charge on any atom is -0.378 e. The van der Waals surface area contributed by atoms with Gasteiger partial charge in [0.25, 0.3) is 0 Å². The van der Waals surface area contributed by atoms with E-state index in [1.54, 1.807) is 11.3 Å². The molecule has 0 spiro atoms. The Balaban J connectivity index is 2.17. The van der Waals surface area contributed by atoms with Crippen molar-refractivity contribution in [2.24, 2.45) is 0 Å². The van der Waals surface area contributed by atoms with Gasteiger partial charge in [-0.1, -0.05) is 13.8 Å². The van der Waals surface area contributed by atoms with E-state index in [4.69, 9.17) is 4.74 Å². The fourth-order valence-corrected chi connectivity index (χ4v) is 2.65. The molecule has 14 heavy (non-hydrogen) atoms. The molecule has 3 nitrogen and oxygen atoms in total. The van der Waals surface area contributed by atoms with Crippen LogP contribution < -0.4 is 4.90 Å².